The Hall–Kier alpha value is -0.770. The fraction of sp³-hybridized carbons (Fsp3) is 0.923. The third-order valence-corrected chi connectivity index (χ3v) is 3.89. The van der Waals surface area contributed by atoms with Crippen molar-refractivity contribution in [2.75, 3.05) is 13.1 Å². The maximum Gasteiger partial charge on any atom is 0.317 e. The lowest BCUT2D eigenvalue weighted by atomic mass is 9.86. The van der Waals surface area contributed by atoms with Crippen LogP contribution in [0.1, 0.15) is 47.5 Å². The molecule has 0 spiro atoms. The van der Waals surface area contributed by atoms with Gasteiger partial charge < -0.3 is 15.3 Å². The molecule has 1 fully saturated rings. The average Bonchev–Trinajstić information content (AvgIpc) is 2.15. The molecule has 1 aliphatic rings. The molecule has 0 saturated carbocycles. The van der Waals surface area contributed by atoms with Crippen LogP contribution in [0, 0.1) is 5.92 Å². The predicted octanol–water partition coefficient (Wildman–Crippen LogP) is 1.98. The Morgan fingerprint density at radius 3 is 2.41 bits per heavy atom. The van der Waals surface area contributed by atoms with Crippen LogP contribution >= 0.6 is 0 Å². The second kappa shape index (κ2) is 4.84. The predicted molar refractivity (Wildman–Crippen MR) is 68.9 cm³/mol. The zero-order valence-corrected chi connectivity index (χ0v) is 11.7. The van der Waals surface area contributed by atoms with E-state index in [-0.39, 0.29) is 6.03 Å². The molecule has 1 heterocycles. The summed E-state index contributed by atoms with van der Waals surface area (Å²) in [6, 6.07) is -0.0660. The van der Waals surface area contributed by atoms with Crippen molar-refractivity contribution in [1.29, 1.82) is 0 Å². The Bertz CT molecular complexity index is 282. The largest absolute Gasteiger partial charge is 0.388 e. The molecule has 17 heavy (non-hydrogen) atoms. The quantitative estimate of drug-likeness (QED) is 0.778. The van der Waals surface area contributed by atoms with Crippen molar-refractivity contribution in [3.05, 3.63) is 0 Å². The van der Waals surface area contributed by atoms with Gasteiger partial charge in [-0.1, -0.05) is 6.92 Å². The monoisotopic (exact) mass is 242 g/mol. The molecule has 0 aliphatic carbocycles. The van der Waals surface area contributed by atoms with E-state index in [2.05, 4.69) is 12.2 Å². The van der Waals surface area contributed by atoms with E-state index in [1.54, 1.807) is 13.8 Å². The molecule has 0 aromatic rings. The molecule has 1 unspecified atom stereocenters. The van der Waals surface area contributed by atoms with Crippen molar-refractivity contribution < 1.29 is 9.90 Å². The summed E-state index contributed by atoms with van der Waals surface area (Å²) in [6.45, 7) is 10.9. The van der Waals surface area contributed by atoms with Gasteiger partial charge in [0.25, 0.3) is 0 Å². The van der Waals surface area contributed by atoms with Gasteiger partial charge in [0.2, 0.25) is 0 Å². The van der Waals surface area contributed by atoms with Crippen LogP contribution < -0.4 is 5.32 Å². The number of rotatable bonds is 2. The number of piperidine rings is 1. The first kappa shape index (κ1) is 14.3. The van der Waals surface area contributed by atoms with Crippen LogP contribution in [0.15, 0.2) is 0 Å². The van der Waals surface area contributed by atoms with E-state index in [4.69, 9.17) is 0 Å². The van der Waals surface area contributed by atoms with Gasteiger partial charge in [-0.25, -0.2) is 4.79 Å². The number of likely N-dealkylation sites (tertiary alicyclic amines) is 1. The van der Waals surface area contributed by atoms with Crippen LogP contribution in [0.2, 0.25) is 0 Å². The minimum atomic E-state index is -0.940. The summed E-state index contributed by atoms with van der Waals surface area (Å²) in [6.07, 6.45) is 2.26. The molecular weight excluding hydrogens is 216 g/mol. The Labute approximate surface area is 104 Å². The lowest BCUT2D eigenvalue weighted by Gasteiger charge is -2.40. The van der Waals surface area contributed by atoms with Gasteiger partial charge in [-0.05, 0) is 46.5 Å². The molecule has 0 aromatic carbocycles. The van der Waals surface area contributed by atoms with Gasteiger partial charge in [0.1, 0.15) is 0 Å². The normalized spacial score (nSPS) is 22.5. The Morgan fingerprint density at radius 1 is 1.35 bits per heavy atom. The van der Waals surface area contributed by atoms with Crippen LogP contribution in [0.5, 0.6) is 0 Å². The van der Waals surface area contributed by atoms with E-state index in [9.17, 15) is 9.90 Å². The zero-order valence-electron chi connectivity index (χ0n) is 11.7. The summed E-state index contributed by atoms with van der Waals surface area (Å²) < 4.78 is 0. The number of carbonyl (C=O) groups excluding carboxylic acids is 1. The van der Waals surface area contributed by atoms with Crippen LogP contribution in [-0.2, 0) is 0 Å². The molecule has 4 heteroatoms. The summed E-state index contributed by atoms with van der Waals surface area (Å²) in [5.41, 5.74) is -1.57. The fourth-order valence-corrected chi connectivity index (χ4v) is 1.87. The standard InChI is InChI=1S/C13H26N2O2/c1-10-7-6-8-15(9-10)11(16)14-12(2,3)13(4,5)17/h10,17H,6-9H2,1-5H3,(H,14,16). The number of carbonyl (C=O) groups is 1. The van der Waals surface area contributed by atoms with E-state index in [0.717, 1.165) is 19.5 Å². The van der Waals surface area contributed by atoms with E-state index < -0.39 is 11.1 Å². The highest BCUT2D eigenvalue weighted by Crippen LogP contribution is 2.22. The fourth-order valence-electron chi connectivity index (χ4n) is 1.87. The molecule has 2 N–H and O–H groups in total. The minimum absolute atomic E-state index is 0.0660. The van der Waals surface area contributed by atoms with Crippen molar-refractivity contribution in [2.24, 2.45) is 5.92 Å². The van der Waals surface area contributed by atoms with E-state index >= 15 is 0 Å². The molecule has 100 valence electrons. The second-order valence-electron chi connectivity index (χ2n) is 6.31. The molecule has 0 bridgehead atoms. The Morgan fingerprint density at radius 2 is 1.94 bits per heavy atom. The van der Waals surface area contributed by atoms with Gasteiger partial charge in [0.05, 0.1) is 11.1 Å². The number of nitrogens with zero attached hydrogens (tertiary/aromatic N) is 1. The van der Waals surface area contributed by atoms with E-state index in [1.807, 2.05) is 18.7 Å². The van der Waals surface area contributed by atoms with Crippen molar-refractivity contribution in [2.45, 2.75) is 58.6 Å². The first-order valence-corrected chi connectivity index (χ1v) is 6.43. The lowest BCUT2D eigenvalue weighted by Crippen LogP contribution is -2.61. The highest BCUT2D eigenvalue weighted by molar-refractivity contribution is 5.75. The Balaban J connectivity index is 2.60. The molecule has 1 saturated heterocycles. The minimum Gasteiger partial charge on any atom is -0.388 e. The van der Waals surface area contributed by atoms with Crippen LogP contribution in [0.4, 0.5) is 4.79 Å². The molecule has 1 aliphatic heterocycles. The van der Waals surface area contributed by atoms with Crippen molar-refractivity contribution in [3.63, 3.8) is 0 Å². The number of hydrogen-bond acceptors (Lipinski definition) is 2. The lowest BCUT2D eigenvalue weighted by molar-refractivity contribution is -0.00192. The average molecular weight is 242 g/mol. The van der Waals surface area contributed by atoms with Gasteiger partial charge in [-0.2, -0.15) is 0 Å². The van der Waals surface area contributed by atoms with Crippen molar-refractivity contribution in [3.8, 4) is 0 Å². The maximum atomic E-state index is 12.1. The van der Waals surface area contributed by atoms with E-state index in [1.165, 1.54) is 6.42 Å². The van der Waals surface area contributed by atoms with Gasteiger partial charge in [0.15, 0.2) is 0 Å². The summed E-state index contributed by atoms with van der Waals surface area (Å²) in [5.74, 6) is 0.569. The number of nitrogens with one attached hydrogen (secondary N) is 1. The van der Waals surface area contributed by atoms with Crippen LogP contribution in [-0.4, -0.2) is 40.3 Å². The molecule has 1 rings (SSSR count). The summed E-state index contributed by atoms with van der Waals surface area (Å²) in [7, 11) is 0. The number of aliphatic hydroxyl groups is 1. The van der Waals surface area contributed by atoms with Crippen LogP contribution in [0.25, 0.3) is 0 Å². The topological polar surface area (TPSA) is 52.6 Å². The molecule has 2 amide bonds. The first-order valence-electron chi connectivity index (χ1n) is 6.43. The van der Waals surface area contributed by atoms with Crippen molar-refractivity contribution in [1.82, 2.24) is 10.2 Å². The SMILES string of the molecule is CC1CCCN(C(=O)NC(C)(C)C(C)(C)O)C1. The molecular formula is C13H26N2O2. The molecule has 0 radical (unpaired) electrons. The van der Waals surface area contributed by atoms with Gasteiger partial charge in [0, 0.05) is 13.1 Å². The number of hydrogen-bond donors (Lipinski definition) is 2. The van der Waals surface area contributed by atoms with Crippen LogP contribution in [0.3, 0.4) is 0 Å². The molecule has 1 atom stereocenters. The summed E-state index contributed by atoms with van der Waals surface area (Å²) in [4.78, 5) is 14.0. The molecule has 0 aromatic heterocycles. The van der Waals surface area contributed by atoms with Gasteiger partial charge in [-0.3, -0.25) is 0 Å². The summed E-state index contributed by atoms with van der Waals surface area (Å²) >= 11 is 0. The smallest absolute Gasteiger partial charge is 0.317 e. The van der Waals surface area contributed by atoms with Crippen molar-refractivity contribution >= 4 is 6.03 Å². The summed E-state index contributed by atoms with van der Waals surface area (Å²) in [5, 5.41) is 12.9. The maximum absolute atomic E-state index is 12.1. The number of urea groups is 1. The first-order chi connectivity index (χ1) is 7.63. The van der Waals surface area contributed by atoms with E-state index in [0.29, 0.717) is 5.92 Å². The highest BCUT2D eigenvalue weighted by Gasteiger charge is 2.37. The third kappa shape index (κ3) is 3.60. The molecule has 4 nitrogen and oxygen atoms in total. The zero-order chi connectivity index (χ0) is 13.3. The van der Waals surface area contributed by atoms with Gasteiger partial charge in [-0.15, -0.1) is 0 Å². The highest BCUT2D eigenvalue weighted by atomic mass is 16.3. The Kier molecular flexibility index (Phi) is 4.07. The third-order valence-electron chi connectivity index (χ3n) is 3.89. The van der Waals surface area contributed by atoms with Gasteiger partial charge >= 0.3 is 6.03 Å². The number of amides is 2. The second-order valence-corrected chi connectivity index (χ2v) is 6.31.